The summed E-state index contributed by atoms with van der Waals surface area (Å²) >= 11 is 0. The van der Waals surface area contributed by atoms with Gasteiger partial charge >= 0.3 is 135 Å². The van der Waals surface area contributed by atoms with Gasteiger partial charge in [-0.2, -0.15) is 0 Å². The molecular weight excluding hydrogens is 312 g/mol. The van der Waals surface area contributed by atoms with E-state index in [0.29, 0.717) is 11.8 Å². The van der Waals surface area contributed by atoms with E-state index in [4.69, 9.17) is 17.9 Å². The van der Waals surface area contributed by atoms with Crippen molar-refractivity contribution in [1.29, 1.82) is 0 Å². The van der Waals surface area contributed by atoms with Gasteiger partial charge in [-0.1, -0.05) is 0 Å². The van der Waals surface area contributed by atoms with Gasteiger partial charge in [0.25, 0.3) is 0 Å². The van der Waals surface area contributed by atoms with Crippen LogP contribution in [0.3, 0.4) is 0 Å². The minimum atomic E-state index is -4.31. The molecule has 0 bridgehead atoms. The second kappa shape index (κ2) is 4.17. The van der Waals surface area contributed by atoms with Gasteiger partial charge in [0.05, 0.1) is 0 Å². The number of hydrogen-bond acceptors (Lipinski definition) is 4. The Bertz CT molecular complexity index is 680. The van der Waals surface area contributed by atoms with Crippen molar-refractivity contribution in [1.82, 2.24) is 0 Å². The van der Waals surface area contributed by atoms with Crippen LogP contribution in [-0.2, 0) is 0 Å². The predicted octanol–water partition coefficient (Wildman–Crippen LogP) is 1.43. The molecule has 6 nitrogen and oxygen atoms in total. The van der Waals surface area contributed by atoms with E-state index in [1.54, 1.807) is 21.9 Å². The normalized spacial score (nSPS) is 21.2. The molecule has 23 heavy (non-hydrogen) atoms. The minimum absolute atomic E-state index is 0.209. The van der Waals surface area contributed by atoms with Crippen LogP contribution in [0.4, 0.5) is 0 Å². The van der Waals surface area contributed by atoms with E-state index in [1.165, 1.54) is 0 Å². The summed E-state index contributed by atoms with van der Waals surface area (Å²) in [6, 6.07) is 11.3. The molecule has 4 rings (SSSR count). The fourth-order valence-electron chi connectivity index (χ4n) is 2.92. The van der Waals surface area contributed by atoms with Crippen molar-refractivity contribution in [3.63, 3.8) is 0 Å². The first-order chi connectivity index (χ1) is 10.9. The summed E-state index contributed by atoms with van der Waals surface area (Å²) in [7, 11) is -4.31. The molecule has 0 N–H and O–H groups in total. The molecule has 0 saturated heterocycles. The molecule has 2 aliphatic heterocycles. The van der Waals surface area contributed by atoms with Crippen LogP contribution in [0, 0.1) is 5.92 Å². The Morgan fingerprint density at radius 1 is 0.870 bits per heavy atom. The van der Waals surface area contributed by atoms with Crippen LogP contribution in [-0.4, -0.2) is 8.33 Å². The maximum atomic E-state index is 6.38. The van der Waals surface area contributed by atoms with Gasteiger partial charge in [-0.3, -0.25) is 0 Å². The first-order valence-electron chi connectivity index (χ1n) is 7.82. The van der Waals surface area contributed by atoms with Crippen LogP contribution >= 0.6 is 0 Å². The first kappa shape index (κ1) is 14.3. The zero-order valence-corrected chi connectivity index (χ0v) is 14.7. The Kier molecular flexibility index (Phi) is 2.59. The molecule has 7 heteroatoms. The molecule has 0 aliphatic carbocycles. The molecular formula is C16H21N2O4Si+. The number of pyridine rings is 2. The molecule has 0 fully saturated rings. The number of nitrogens with zero attached hydrogens (tertiary/aromatic N) is 2. The fraction of sp³-hybridized carbons (Fsp3) is 0.375. The van der Waals surface area contributed by atoms with E-state index in [0.717, 1.165) is 0 Å². The van der Waals surface area contributed by atoms with Crippen LogP contribution < -0.4 is 27.4 Å². The van der Waals surface area contributed by atoms with Gasteiger partial charge in [0.2, 0.25) is 0 Å². The summed E-state index contributed by atoms with van der Waals surface area (Å²) in [5.74, 6) is 1.38. The molecule has 0 unspecified atom stereocenters. The second-order valence-corrected chi connectivity index (χ2v) is 10.8. The second-order valence-electron chi connectivity index (χ2n) is 6.90. The zero-order chi connectivity index (χ0) is 16.3. The van der Waals surface area contributed by atoms with Crippen LogP contribution in [0.2, 0.25) is 5.04 Å². The SMILES string of the molecule is CC(C)C(C)(C)[Si-]12(Oc3cccc[n+]3O1)Oc1cccc[n+]1O2. The van der Waals surface area contributed by atoms with Crippen molar-refractivity contribution in [2.45, 2.75) is 32.7 Å². The van der Waals surface area contributed by atoms with Gasteiger partial charge < -0.3 is 0 Å². The first-order valence-corrected chi connectivity index (χ1v) is 9.96. The van der Waals surface area contributed by atoms with Crippen molar-refractivity contribution < 1.29 is 27.4 Å². The molecule has 0 atom stereocenters. The third-order valence-electron chi connectivity index (χ3n) is 5.15. The number of rotatable bonds is 2. The number of aromatic nitrogens is 2. The molecule has 122 valence electrons. The molecule has 0 saturated carbocycles. The zero-order valence-electron chi connectivity index (χ0n) is 13.7. The van der Waals surface area contributed by atoms with Crippen LogP contribution in [0.1, 0.15) is 27.7 Å². The van der Waals surface area contributed by atoms with Crippen molar-refractivity contribution in [3.8, 4) is 11.8 Å². The summed E-state index contributed by atoms with van der Waals surface area (Å²) in [6.45, 7) is 8.39. The van der Waals surface area contributed by atoms with Gasteiger partial charge in [-0.15, -0.1) is 0 Å². The molecule has 0 radical (unpaired) electrons. The molecule has 2 aromatic rings. The third-order valence-corrected chi connectivity index (χ3v) is 9.97. The Morgan fingerprint density at radius 3 is 1.74 bits per heavy atom. The van der Waals surface area contributed by atoms with Crippen LogP contribution in [0.15, 0.2) is 48.8 Å². The summed E-state index contributed by atoms with van der Waals surface area (Å²) in [5, 5.41) is -0.488. The van der Waals surface area contributed by atoms with Gasteiger partial charge in [0.1, 0.15) is 0 Å². The summed E-state index contributed by atoms with van der Waals surface area (Å²) in [6.07, 6.45) is 3.61. The molecule has 2 aliphatic rings. The molecule has 2 aromatic heterocycles. The maximum absolute atomic E-state index is 6.38. The van der Waals surface area contributed by atoms with Crippen LogP contribution in [0.25, 0.3) is 0 Å². The monoisotopic (exact) mass is 333 g/mol. The average Bonchev–Trinajstić information content (AvgIpc) is 3.02. The number of fused-ring (bicyclic) bond motifs is 2. The number of hydrogen-bond donors (Lipinski definition) is 0. The summed E-state index contributed by atoms with van der Waals surface area (Å²) < 4.78 is 28.6. The summed E-state index contributed by atoms with van der Waals surface area (Å²) in [5.41, 5.74) is 0. The quantitative estimate of drug-likeness (QED) is 0.616. The Labute approximate surface area is 135 Å². The van der Waals surface area contributed by atoms with Gasteiger partial charge in [-0.25, -0.2) is 0 Å². The van der Waals surface area contributed by atoms with Gasteiger partial charge in [0.15, 0.2) is 0 Å². The van der Waals surface area contributed by atoms with E-state index in [9.17, 15) is 0 Å². The average molecular weight is 333 g/mol. The van der Waals surface area contributed by atoms with Gasteiger partial charge in [-0.05, 0) is 0 Å². The van der Waals surface area contributed by atoms with E-state index >= 15 is 0 Å². The Balaban J connectivity index is 1.93. The predicted molar refractivity (Wildman–Crippen MR) is 82.3 cm³/mol. The molecule has 4 heterocycles. The van der Waals surface area contributed by atoms with Crippen molar-refractivity contribution >= 4 is 8.33 Å². The van der Waals surface area contributed by atoms with Gasteiger partial charge in [0, 0.05) is 0 Å². The van der Waals surface area contributed by atoms with Crippen molar-refractivity contribution in [3.05, 3.63) is 48.8 Å². The molecule has 1 spiro atoms. The molecule has 0 aromatic carbocycles. The van der Waals surface area contributed by atoms with Crippen molar-refractivity contribution in [2.75, 3.05) is 0 Å². The van der Waals surface area contributed by atoms with Crippen molar-refractivity contribution in [2.24, 2.45) is 5.92 Å². The fourth-order valence-corrected chi connectivity index (χ4v) is 7.10. The Hall–Kier alpha value is -2.28. The summed E-state index contributed by atoms with van der Waals surface area (Å²) in [4.78, 5) is 0. The van der Waals surface area contributed by atoms with E-state index in [-0.39, 0.29) is 5.92 Å². The Morgan fingerprint density at radius 2 is 1.35 bits per heavy atom. The third kappa shape index (κ3) is 1.62. The van der Waals surface area contributed by atoms with E-state index in [2.05, 4.69) is 27.7 Å². The molecule has 0 amide bonds. The standard InChI is InChI=1S/C16H21N2O4Si/c1-13(2)16(3,4)23(19-14-9-5-7-11-17(14)21-23)20-15-10-6-8-12-18(15)22-23/h5-13H,1-4H3/q+1. The van der Waals surface area contributed by atoms with E-state index in [1.807, 2.05) is 36.4 Å². The van der Waals surface area contributed by atoms with E-state index < -0.39 is 13.4 Å². The topological polar surface area (TPSA) is 44.7 Å². The van der Waals surface area contributed by atoms with Crippen LogP contribution in [0.5, 0.6) is 11.8 Å².